The highest BCUT2D eigenvalue weighted by molar-refractivity contribution is 8.01. The van der Waals surface area contributed by atoms with E-state index >= 15 is 9.59 Å². The first kappa shape index (κ1) is 75.8. The lowest BCUT2D eigenvalue weighted by Gasteiger charge is -2.42. The molecule has 4 aromatic carbocycles. The van der Waals surface area contributed by atoms with E-state index in [4.69, 9.17) is 9.47 Å². The number of carbonyl (C=O) groups excluding carboxylic acids is 10. The van der Waals surface area contributed by atoms with Crippen molar-refractivity contribution in [2.24, 2.45) is 5.41 Å². The molecule has 0 unspecified atom stereocenters. The summed E-state index contributed by atoms with van der Waals surface area (Å²) >= 11 is 0.922. The molecule has 0 saturated carbocycles. The number of nitrogens with one attached hydrogen (secondary N) is 6. The molecule has 534 valence electrons. The van der Waals surface area contributed by atoms with Crippen LogP contribution in [0.25, 0.3) is 0 Å². The molecule has 8 rings (SSSR count). The van der Waals surface area contributed by atoms with Crippen LogP contribution in [0, 0.1) is 5.41 Å². The molecule has 0 radical (unpaired) electrons. The first-order chi connectivity index (χ1) is 46.3. The number of ether oxygens (including phenoxy) is 2. The van der Waals surface area contributed by atoms with E-state index in [9.17, 15) is 48.3 Å². The maximum Gasteiger partial charge on any atom is 0.410 e. The van der Waals surface area contributed by atoms with Crippen molar-refractivity contribution < 1.29 is 67.3 Å². The molecule has 0 bridgehead atoms. The summed E-state index contributed by atoms with van der Waals surface area (Å²) in [4.78, 5) is 160. The molecule has 9 atom stereocenters. The van der Waals surface area contributed by atoms with Gasteiger partial charge in [0.1, 0.15) is 47.5 Å². The number of fused-ring (bicyclic) bond motifs is 3. The highest BCUT2D eigenvalue weighted by atomic mass is 32.2. The first-order valence-corrected chi connectivity index (χ1v) is 34.9. The zero-order valence-corrected chi connectivity index (χ0v) is 60.4. The molecule has 2 aliphatic carbocycles. The Morgan fingerprint density at radius 3 is 1.55 bits per heavy atom. The van der Waals surface area contributed by atoms with Crippen LogP contribution < -0.4 is 31.9 Å². The number of rotatable bonds is 20. The molecule has 24 nitrogen and oxygen atoms in total. The molecular weight excluding hydrogens is 1280 g/mol. The van der Waals surface area contributed by atoms with Gasteiger partial charge < -0.3 is 56.3 Å². The second kappa shape index (κ2) is 31.0. The minimum Gasteiger partial charge on any atom is -0.481 e. The third-order valence-electron chi connectivity index (χ3n) is 18.7. The standard InChI is InChI=1S/C74H98N10O14S/c1-42(81(14)69(95)97-72(6,7)8)61(87)79-59(71(3,4)5)67(93)84-40-51(38-57(84)66(92)78-55-29-21-25-45-23-17-19-27-53(45)55)76-64(90)47-32-30-46(31-33-47)63(89)75-50-35-34-48-37-56(65(91)77-54-28-20-24-44-22-16-18-26-52(44)54)83(39-49(48)36-50)68(94)60(74(12,13)99-41-58(85)86)80-62(88)43(2)82(15)70(96)98-73(9,10)11/h16-19,22-23,26-27,30-36,42-43,51,54-57,59-60H,20-21,24-25,28-29,37-41H2,1-15H3,(H,75,89)(H,76,90)(H,77,91)(H,78,92)(H,79,87)(H,80,88)(H,85,86)/t42-,43-,51-,54+,55+,56-,57-,59+,60+/m0/s1. The second-order valence-electron chi connectivity index (χ2n) is 30.0. The van der Waals surface area contributed by atoms with Crippen molar-refractivity contribution in [3.05, 3.63) is 136 Å². The van der Waals surface area contributed by atoms with E-state index in [1.807, 2.05) is 48.5 Å². The van der Waals surface area contributed by atoms with E-state index in [0.717, 1.165) is 69.5 Å². The molecular formula is C74H98N10O14S. The number of carboxylic acid groups (broad SMARTS) is 1. The number of nitrogens with zero attached hydrogens (tertiary/aromatic N) is 4. The van der Waals surface area contributed by atoms with Crippen LogP contribution in [0.5, 0.6) is 0 Å². The lowest BCUT2D eigenvalue weighted by atomic mass is 9.85. The highest BCUT2D eigenvalue weighted by Crippen LogP contribution is 2.37. The minimum atomic E-state index is -1.45. The summed E-state index contributed by atoms with van der Waals surface area (Å²) in [7, 11) is 2.82. The second-order valence-corrected chi connectivity index (χ2v) is 31.6. The molecule has 10 amide bonds. The Hall–Kier alpha value is -9.00. The monoisotopic (exact) mass is 1380 g/mol. The van der Waals surface area contributed by atoms with Gasteiger partial charge in [0.25, 0.3) is 11.8 Å². The van der Waals surface area contributed by atoms with Crippen LogP contribution in [0.1, 0.15) is 188 Å². The van der Waals surface area contributed by atoms with Gasteiger partial charge >= 0.3 is 18.2 Å². The van der Waals surface area contributed by atoms with Crippen molar-refractivity contribution in [3.63, 3.8) is 0 Å². The number of amides is 10. The van der Waals surface area contributed by atoms with Gasteiger partial charge in [-0.25, -0.2) is 9.59 Å². The summed E-state index contributed by atoms with van der Waals surface area (Å²) in [6, 6.07) is 18.3. The molecule has 0 spiro atoms. The van der Waals surface area contributed by atoms with E-state index in [1.54, 1.807) is 94.4 Å². The predicted molar refractivity (Wildman–Crippen MR) is 375 cm³/mol. The lowest BCUT2D eigenvalue weighted by molar-refractivity contribution is -0.145. The maximum atomic E-state index is 15.5. The van der Waals surface area contributed by atoms with Crippen molar-refractivity contribution in [2.45, 2.75) is 218 Å². The number of hydrogen-bond donors (Lipinski definition) is 7. The molecule has 1 saturated heterocycles. The summed E-state index contributed by atoms with van der Waals surface area (Å²) in [5.41, 5.74) is 3.53. The number of aryl methyl sites for hydroxylation is 2. The van der Waals surface area contributed by atoms with Crippen molar-refractivity contribution in [1.29, 1.82) is 0 Å². The average molecular weight is 1380 g/mol. The van der Waals surface area contributed by atoms with Crippen molar-refractivity contribution >= 4 is 82.9 Å². The summed E-state index contributed by atoms with van der Waals surface area (Å²) in [6.45, 7) is 21.5. The molecule has 0 aromatic heterocycles. The van der Waals surface area contributed by atoms with Gasteiger partial charge in [-0.05, 0) is 189 Å². The summed E-state index contributed by atoms with van der Waals surface area (Å²) < 4.78 is 9.71. The first-order valence-electron chi connectivity index (χ1n) is 33.9. The molecule has 2 heterocycles. The zero-order chi connectivity index (χ0) is 72.8. The van der Waals surface area contributed by atoms with Crippen molar-refractivity contribution in [2.75, 3.05) is 31.7 Å². The Bertz CT molecular complexity index is 3730. The Labute approximate surface area is 584 Å². The number of carboxylic acids is 1. The number of likely N-dealkylation sites (N-methyl/N-ethyl adjacent to an activating group) is 2. The number of benzene rings is 4. The van der Waals surface area contributed by atoms with Crippen LogP contribution in [0.2, 0.25) is 0 Å². The largest absolute Gasteiger partial charge is 0.481 e. The van der Waals surface area contributed by atoms with Gasteiger partial charge in [-0.3, -0.25) is 53.0 Å². The van der Waals surface area contributed by atoms with Gasteiger partial charge in [0.2, 0.25) is 35.4 Å². The normalized spacial score (nSPS) is 19.5. The molecule has 25 heteroatoms. The fourth-order valence-electron chi connectivity index (χ4n) is 12.9. The SMILES string of the molecule is C[C@@H](C(=O)N[C@H](C(=O)N1C[C@@H](NC(=O)c2ccc(C(=O)Nc3ccc4c(c3)CN(C(=O)[C@@H](NC(=O)[C@H](C)N(C)C(=O)OC(C)(C)C)C(C)(C)SCC(=O)O)[C@H](C(=O)N[C@@H]3CCCc5ccccc53)C4)cc2)C[C@H]1C(=O)N[C@@H]1CCCc2ccccc21)C(C)(C)C)N(C)C(=O)OC(C)(C)C. The quantitative estimate of drug-likeness (QED) is 0.0437. The number of thioether (sulfide) groups is 1. The zero-order valence-electron chi connectivity index (χ0n) is 59.6. The Kier molecular flexibility index (Phi) is 23.8. The summed E-state index contributed by atoms with van der Waals surface area (Å²) in [5, 5.41) is 27.9. The van der Waals surface area contributed by atoms with Crippen LogP contribution in [-0.2, 0) is 68.8 Å². The number of carbonyl (C=O) groups is 11. The number of hydrogen-bond acceptors (Lipinski definition) is 14. The molecule has 4 aromatic rings. The van der Waals surface area contributed by atoms with E-state index in [0.29, 0.717) is 29.7 Å². The number of aliphatic carboxylic acids is 1. The number of likely N-dealkylation sites (tertiary alicyclic amines) is 1. The average Bonchev–Trinajstić information content (AvgIpc) is 1.58. The number of anilines is 1. The Morgan fingerprint density at radius 2 is 1.05 bits per heavy atom. The maximum absolute atomic E-state index is 15.5. The van der Waals surface area contributed by atoms with Gasteiger partial charge in [-0.1, -0.05) is 75.4 Å². The highest BCUT2D eigenvalue weighted by Gasteiger charge is 2.49. The molecule has 1 fully saturated rings. The van der Waals surface area contributed by atoms with Gasteiger partial charge in [0.15, 0.2) is 0 Å². The van der Waals surface area contributed by atoms with Crippen LogP contribution in [0.4, 0.5) is 15.3 Å². The predicted octanol–water partition coefficient (Wildman–Crippen LogP) is 8.40. The lowest BCUT2D eigenvalue weighted by Crippen LogP contribution is -2.64. The summed E-state index contributed by atoms with van der Waals surface area (Å²) in [6.07, 6.45) is 3.24. The smallest absolute Gasteiger partial charge is 0.410 e. The van der Waals surface area contributed by atoms with Gasteiger partial charge in [0.05, 0.1) is 17.8 Å². The minimum absolute atomic E-state index is 0.0322. The van der Waals surface area contributed by atoms with Crippen LogP contribution in [0.3, 0.4) is 0 Å². The fraction of sp³-hybridized carbons (Fsp3) is 0.527. The van der Waals surface area contributed by atoms with E-state index in [2.05, 4.69) is 31.9 Å². The van der Waals surface area contributed by atoms with Crippen LogP contribution in [0.15, 0.2) is 91.0 Å². The molecule has 99 heavy (non-hydrogen) atoms. The van der Waals surface area contributed by atoms with Gasteiger partial charge in [-0.2, -0.15) is 0 Å². The van der Waals surface area contributed by atoms with Crippen molar-refractivity contribution in [1.82, 2.24) is 46.2 Å². The summed E-state index contributed by atoms with van der Waals surface area (Å²) in [5.74, 6) is -6.16. The van der Waals surface area contributed by atoms with Gasteiger partial charge in [0, 0.05) is 61.2 Å². The third-order valence-corrected chi connectivity index (χ3v) is 20.0. The Balaban J connectivity index is 1.01. The van der Waals surface area contributed by atoms with Crippen LogP contribution in [-0.4, -0.2) is 175 Å². The van der Waals surface area contributed by atoms with E-state index in [-0.39, 0.29) is 49.1 Å². The fourth-order valence-corrected chi connectivity index (χ4v) is 13.7. The third kappa shape index (κ3) is 19.1. The molecule has 2 aliphatic heterocycles. The van der Waals surface area contributed by atoms with Crippen molar-refractivity contribution in [3.8, 4) is 0 Å². The van der Waals surface area contributed by atoms with Crippen LogP contribution >= 0.6 is 11.8 Å². The molecule has 7 N–H and O–H groups in total. The topological polar surface area (TPSA) is 312 Å². The van der Waals surface area contributed by atoms with E-state index < -0.39 is 135 Å². The Morgan fingerprint density at radius 1 is 0.576 bits per heavy atom. The van der Waals surface area contributed by atoms with Gasteiger partial charge in [-0.15, -0.1) is 11.8 Å². The van der Waals surface area contributed by atoms with E-state index in [1.165, 1.54) is 62.0 Å². The molecule has 4 aliphatic rings.